The number of rotatable bonds is 4. The molecule has 1 aromatic carbocycles. The molecule has 1 aliphatic heterocycles. The molecule has 110 valence electrons. The third-order valence-electron chi connectivity index (χ3n) is 3.50. The topological polar surface area (TPSA) is 50.4 Å². The van der Waals surface area contributed by atoms with E-state index in [1.54, 1.807) is 11.3 Å². The zero-order chi connectivity index (χ0) is 14.5. The number of carbonyl (C=O) groups excluding carboxylic acids is 1. The molecule has 2 heterocycles. The molecule has 1 atom stereocenters. The Balaban J connectivity index is 1.56. The Bertz CT molecular complexity index is 592. The molecule has 0 bridgehead atoms. The summed E-state index contributed by atoms with van der Waals surface area (Å²) in [7, 11) is 0. The molecule has 0 spiro atoms. The molecule has 5 heteroatoms. The van der Waals surface area contributed by atoms with Crippen molar-refractivity contribution < 1.29 is 9.53 Å². The Kier molecular flexibility index (Phi) is 4.52. The highest BCUT2D eigenvalue weighted by molar-refractivity contribution is 7.13. The molecule has 21 heavy (non-hydrogen) atoms. The highest BCUT2D eigenvalue weighted by Crippen LogP contribution is 2.26. The van der Waals surface area contributed by atoms with E-state index in [2.05, 4.69) is 16.7 Å². The minimum atomic E-state index is -0.162. The van der Waals surface area contributed by atoms with E-state index in [4.69, 9.17) is 4.74 Å². The maximum absolute atomic E-state index is 11.9. The van der Waals surface area contributed by atoms with Crippen molar-refractivity contribution in [2.75, 3.05) is 25.1 Å². The highest BCUT2D eigenvalue weighted by atomic mass is 32.1. The van der Waals surface area contributed by atoms with Crippen LogP contribution in [0.5, 0.6) is 0 Å². The maximum atomic E-state index is 11.9. The molecular weight excluding hydrogens is 284 g/mol. The molecule has 0 aliphatic carbocycles. The van der Waals surface area contributed by atoms with Crippen molar-refractivity contribution in [2.24, 2.45) is 5.92 Å². The van der Waals surface area contributed by atoms with Gasteiger partial charge in [0.25, 0.3) is 0 Å². The molecule has 2 amide bonds. The number of ether oxygens (including phenoxy) is 1. The van der Waals surface area contributed by atoms with Crippen LogP contribution in [0.3, 0.4) is 0 Å². The van der Waals surface area contributed by atoms with Crippen LogP contribution in [-0.2, 0) is 4.74 Å². The van der Waals surface area contributed by atoms with Gasteiger partial charge in [-0.2, -0.15) is 0 Å². The summed E-state index contributed by atoms with van der Waals surface area (Å²) in [6.45, 7) is 2.21. The van der Waals surface area contributed by atoms with Gasteiger partial charge in [0.05, 0.1) is 6.61 Å². The molecule has 0 saturated carbocycles. The molecule has 0 radical (unpaired) electrons. The Hall–Kier alpha value is -1.85. The van der Waals surface area contributed by atoms with Crippen LogP contribution in [0.1, 0.15) is 6.42 Å². The summed E-state index contributed by atoms with van der Waals surface area (Å²) in [4.78, 5) is 13.1. The number of thiophene rings is 1. The average molecular weight is 302 g/mol. The fourth-order valence-electron chi connectivity index (χ4n) is 2.35. The molecule has 1 saturated heterocycles. The fraction of sp³-hybridized carbons (Fsp3) is 0.312. The summed E-state index contributed by atoms with van der Waals surface area (Å²) in [5, 5.41) is 7.83. The maximum Gasteiger partial charge on any atom is 0.319 e. The zero-order valence-corrected chi connectivity index (χ0v) is 12.5. The van der Waals surface area contributed by atoms with Gasteiger partial charge in [0.15, 0.2) is 0 Å². The van der Waals surface area contributed by atoms with Crippen molar-refractivity contribution in [1.29, 1.82) is 0 Å². The second-order valence-corrected chi connectivity index (χ2v) is 6.07. The Labute approximate surface area is 128 Å². The second-order valence-electron chi connectivity index (χ2n) is 5.12. The van der Waals surface area contributed by atoms with Gasteiger partial charge < -0.3 is 15.4 Å². The highest BCUT2D eigenvalue weighted by Gasteiger charge is 2.16. The normalized spacial score (nSPS) is 17.6. The molecule has 2 N–H and O–H groups in total. The number of nitrogens with one attached hydrogen (secondary N) is 2. The minimum absolute atomic E-state index is 0.162. The van der Waals surface area contributed by atoms with Gasteiger partial charge in [0.2, 0.25) is 0 Å². The first kappa shape index (κ1) is 14.1. The SMILES string of the molecule is O=C(NC[C@H]1CCOC1)Nc1cccc(-c2cccs2)c1. The first-order valence-electron chi connectivity index (χ1n) is 7.08. The number of hydrogen-bond donors (Lipinski definition) is 2. The summed E-state index contributed by atoms with van der Waals surface area (Å²) in [6, 6.07) is 11.8. The van der Waals surface area contributed by atoms with Gasteiger partial charge in [-0.25, -0.2) is 4.79 Å². The van der Waals surface area contributed by atoms with E-state index in [0.29, 0.717) is 12.5 Å². The lowest BCUT2D eigenvalue weighted by Crippen LogP contribution is -2.33. The van der Waals surface area contributed by atoms with Crippen molar-refractivity contribution >= 4 is 23.1 Å². The third-order valence-corrected chi connectivity index (χ3v) is 4.42. The lowest BCUT2D eigenvalue weighted by molar-refractivity contribution is 0.185. The molecule has 1 fully saturated rings. The number of anilines is 1. The van der Waals surface area contributed by atoms with Gasteiger partial charge in [-0.05, 0) is 35.6 Å². The van der Waals surface area contributed by atoms with Crippen molar-refractivity contribution in [3.05, 3.63) is 41.8 Å². The molecule has 1 aromatic heterocycles. The fourth-order valence-corrected chi connectivity index (χ4v) is 3.07. The van der Waals surface area contributed by atoms with Crippen LogP contribution >= 0.6 is 11.3 Å². The van der Waals surface area contributed by atoms with Crippen LogP contribution in [0.4, 0.5) is 10.5 Å². The lowest BCUT2D eigenvalue weighted by Gasteiger charge is -2.11. The van der Waals surface area contributed by atoms with E-state index in [1.807, 2.05) is 35.7 Å². The Morgan fingerprint density at radius 3 is 3.05 bits per heavy atom. The van der Waals surface area contributed by atoms with E-state index in [0.717, 1.165) is 30.9 Å². The number of hydrogen-bond acceptors (Lipinski definition) is 3. The lowest BCUT2D eigenvalue weighted by atomic mass is 10.1. The molecule has 2 aromatic rings. The van der Waals surface area contributed by atoms with Crippen LogP contribution in [0.25, 0.3) is 10.4 Å². The largest absolute Gasteiger partial charge is 0.381 e. The quantitative estimate of drug-likeness (QED) is 0.907. The third kappa shape index (κ3) is 3.83. The van der Waals surface area contributed by atoms with Gasteiger partial charge in [0, 0.05) is 29.6 Å². The summed E-state index contributed by atoms with van der Waals surface area (Å²) in [5.74, 6) is 0.438. The number of carbonyl (C=O) groups is 1. The van der Waals surface area contributed by atoms with E-state index < -0.39 is 0 Å². The van der Waals surface area contributed by atoms with E-state index in [-0.39, 0.29) is 6.03 Å². The predicted molar refractivity (Wildman–Crippen MR) is 85.7 cm³/mol. The minimum Gasteiger partial charge on any atom is -0.381 e. The van der Waals surface area contributed by atoms with E-state index in [9.17, 15) is 4.79 Å². The summed E-state index contributed by atoms with van der Waals surface area (Å²) in [5.41, 5.74) is 1.92. The van der Waals surface area contributed by atoms with Crippen molar-refractivity contribution in [3.63, 3.8) is 0 Å². The monoisotopic (exact) mass is 302 g/mol. The van der Waals surface area contributed by atoms with Gasteiger partial charge in [-0.15, -0.1) is 11.3 Å². The molecule has 1 aliphatic rings. The first-order valence-corrected chi connectivity index (χ1v) is 7.96. The van der Waals surface area contributed by atoms with Gasteiger partial charge in [0.1, 0.15) is 0 Å². The van der Waals surface area contributed by atoms with E-state index >= 15 is 0 Å². The predicted octanol–water partition coefficient (Wildman–Crippen LogP) is 3.57. The van der Waals surface area contributed by atoms with Crippen molar-refractivity contribution in [2.45, 2.75) is 6.42 Å². The average Bonchev–Trinajstić information content (AvgIpc) is 3.19. The van der Waals surface area contributed by atoms with Gasteiger partial charge in [-0.3, -0.25) is 0 Å². The van der Waals surface area contributed by atoms with Crippen LogP contribution in [0.15, 0.2) is 41.8 Å². The van der Waals surface area contributed by atoms with Gasteiger partial charge in [-0.1, -0.05) is 18.2 Å². The first-order chi connectivity index (χ1) is 10.3. The van der Waals surface area contributed by atoms with Crippen LogP contribution in [0, 0.1) is 5.92 Å². The van der Waals surface area contributed by atoms with Gasteiger partial charge >= 0.3 is 6.03 Å². The number of urea groups is 1. The smallest absolute Gasteiger partial charge is 0.319 e. The second kappa shape index (κ2) is 6.74. The molecular formula is C16H18N2O2S. The Morgan fingerprint density at radius 2 is 2.29 bits per heavy atom. The zero-order valence-electron chi connectivity index (χ0n) is 11.7. The summed E-state index contributed by atoms with van der Waals surface area (Å²) in [6.07, 6.45) is 1.02. The van der Waals surface area contributed by atoms with Crippen molar-refractivity contribution in [3.8, 4) is 10.4 Å². The summed E-state index contributed by atoms with van der Waals surface area (Å²) >= 11 is 1.69. The van der Waals surface area contributed by atoms with E-state index in [1.165, 1.54) is 4.88 Å². The van der Waals surface area contributed by atoms with Crippen LogP contribution in [0.2, 0.25) is 0 Å². The van der Waals surface area contributed by atoms with Crippen LogP contribution in [-0.4, -0.2) is 25.8 Å². The molecule has 3 rings (SSSR count). The van der Waals surface area contributed by atoms with Crippen molar-refractivity contribution in [1.82, 2.24) is 5.32 Å². The molecule has 0 unspecified atom stereocenters. The Morgan fingerprint density at radius 1 is 1.33 bits per heavy atom. The van der Waals surface area contributed by atoms with Crippen LogP contribution < -0.4 is 10.6 Å². The summed E-state index contributed by atoms with van der Waals surface area (Å²) < 4.78 is 5.29. The molecule has 4 nitrogen and oxygen atoms in total. The number of amides is 2. The number of benzene rings is 1. The standard InChI is InChI=1S/C16H18N2O2S/c19-16(17-10-12-6-7-20-11-12)18-14-4-1-3-13(9-14)15-5-2-8-21-15/h1-5,8-9,12H,6-7,10-11H2,(H2,17,18,19)/t12-/m1/s1.